The van der Waals surface area contributed by atoms with Gasteiger partial charge >= 0.3 is 6.09 Å². The summed E-state index contributed by atoms with van der Waals surface area (Å²) in [6.45, 7) is 6.78. The number of pyridine rings is 1. The Kier molecular flexibility index (Phi) is 5.82. The summed E-state index contributed by atoms with van der Waals surface area (Å²) in [5.41, 5.74) is 0.448. The standard InChI is InChI=1S/C17H27N3O3/c1-17(2,3)23-16(21)19-11-14(12-8-9-12)18-10-13-6-5-7-15(20-13)22-4/h5-7,12,14,18H,8-11H2,1-4H3,(H,19,21). The number of amides is 1. The van der Waals surface area contributed by atoms with E-state index in [1.54, 1.807) is 7.11 Å². The largest absolute Gasteiger partial charge is 0.481 e. The second-order valence-electron chi connectivity index (χ2n) is 6.88. The predicted octanol–water partition coefficient (Wildman–Crippen LogP) is 2.48. The van der Waals surface area contributed by atoms with Crippen molar-refractivity contribution in [1.82, 2.24) is 15.6 Å². The van der Waals surface area contributed by atoms with Gasteiger partial charge in [0.1, 0.15) is 5.60 Å². The average Bonchev–Trinajstić information content (AvgIpc) is 3.30. The third-order valence-electron chi connectivity index (χ3n) is 3.59. The third kappa shape index (κ3) is 6.44. The van der Waals surface area contributed by atoms with Crippen LogP contribution in [0.3, 0.4) is 0 Å². The molecule has 1 aliphatic rings. The van der Waals surface area contributed by atoms with Crippen LogP contribution in [0.25, 0.3) is 0 Å². The van der Waals surface area contributed by atoms with Crippen LogP contribution in [0.4, 0.5) is 4.79 Å². The normalized spacial score (nSPS) is 15.8. The first-order valence-electron chi connectivity index (χ1n) is 8.07. The molecule has 1 unspecified atom stereocenters. The molecule has 128 valence electrons. The van der Waals surface area contributed by atoms with Crippen LogP contribution in [-0.4, -0.2) is 36.4 Å². The Balaban J connectivity index is 1.81. The number of nitrogens with zero attached hydrogens (tertiary/aromatic N) is 1. The summed E-state index contributed by atoms with van der Waals surface area (Å²) in [5, 5.41) is 6.33. The van der Waals surface area contributed by atoms with Crippen LogP contribution in [0, 0.1) is 5.92 Å². The van der Waals surface area contributed by atoms with Crippen molar-refractivity contribution in [3.63, 3.8) is 0 Å². The molecule has 23 heavy (non-hydrogen) atoms. The number of alkyl carbamates (subject to hydrolysis) is 1. The van der Waals surface area contributed by atoms with Crippen LogP contribution in [-0.2, 0) is 11.3 Å². The maximum Gasteiger partial charge on any atom is 0.407 e. The number of aromatic nitrogens is 1. The molecule has 6 heteroatoms. The van der Waals surface area contributed by atoms with Crippen molar-refractivity contribution in [3.8, 4) is 5.88 Å². The fourth-order valence-electron chi connectivity index (χ4n) is 2.32. The number of nitrogens with one attached hydrogen (secondary N) is 2. The molecule has 2 N–H and O–H groups in total. The molecule has 1 fully saturated rings. The molecule has 0 aromatic carbocycles. The first-order valence-corrected chi connectivity index (χ1v) is 8.07. The van der Waals surface area contributed by atoms with E-state index in [0.29, 0.717) is 24.9 Å². The van der Waals surface area contributed by atoms with Crippen LogP contribution in [0.1, 0.15) is 39.3 Å². The highest BCUT2D eigenvalue weighted by Crippen LogP contribution is 2.32. The Morgan fingerprint density at radius 1 is 1.39 bits per heavy atom. The summed E-state index contributed by atoms with van der Waals surface area (Å²) in [7, 11) is 1.61. The number of methoxy groups -OCH3 is 1. The van der Waals surface area contributed by atoms with E-state index in [1.807, 2.05) is 39.0 Å². The molecule has 1 aromatic heterocycles. The quantitative estimate of drug-likeness (QED) is 0.807. The van der Waals surface area contributed by atoms with E-state index in [4.69, 9.17) is 9.47 Å². The lowest BCUT2D eigenvalue weighted by molar-refractivity contribution is 0.0521. The van der Waals surface area contributed by atoms with Gasteiger partial charge in [-0.3, -0.25) is 0 Å². The van der Waals surface area contributed by atoms with E-state index in [-0.39, 0.29) is 12.1 Å². The Hall–Kier alpha value is -1.82. The van der Waals surface area contributed by atoms with Gasteiger partial charge in [0.2, 0.25) is 5.88 Å². The molecule has 1 aliphatic carbocycles. The zero-order valence-corrected chi connectivity index (χ0v) is 14.4. The predicted molar refractivity (Wildman–Crippen MR) is 88.4 cm³/mol. The number of carbonyl (C=O) groups excluding carboxylic acids is 1. The Labute approximate surface area is 138 Å². The van der Waals surface area contributed by atoms with E-state index in [2.05, 4.69) is 15.6 Å². The molecule has 1 saturated carbocycles. The molecule has 2 rings (SSSR count). The van der Waals surface area contributed by atoms with Gasteiger partial charge in [-0.15, -0.1) is 0 Å². The zero-order valence-electron chi connectivity index (χ0n) is 14.4. The van der Waals surface area contributed by atoms with E-state index in [9.17, 15) is 4.79 Å². The van der Waals surface area contributed by atoms with Crippen LogP contribution in [0.2, 0.25) is 0 Å². The summed E-state index contributed by atoms with van der Waals surface area (Å²) in [6.07, 6.45) is 2.02. The molecule has 0 spiro atoms. The first-order chi connectivity index (χ1) is 10.9. The number of rotatable bonds is 7. The maximum absolute atomic E-state index is 11.8. The second kappa shape index (κ2) is 7.64. The second-order valence-corrected chi connectivity index (χ2v) is 6.88. The minimum absolute atomic E-state index is 0.232. The highest BCUT2D eigenvalue weighted by Gasteiger charge is 2.31. The molecule has 1 atom stereocenters. The fraction of sp³-hybridized carbons (Fsp3) is 0.647. The number of hydrogen-bond acceptors (Lipinski definition) is 5. The minimum Gasteiger partial charge on any atom is -0.481 e. The van der Waals surface area contributed by atoms with Crippen LogP contribution in [0.15, 0.2) is 18.2 Å². The molecule has 0 bridgehead atoms. The third-order valence-corrected chi connectivity index (χ3v) is 3.59. The fourth-order valence-corrected chi connectivity index (χ4v) is 2.32. The summed E-state index contributed by atoms with van der Waals surface area (Å²) in [6, 6.07) is 5.94. The Morgan fingerprint density at radius 2 is 2.13 bits per heavy atom. The molecule has 1 amide bonds. The van der Waals surface area contributed by atoms with E-state index < -0.39 is 5.60 Å². The molecule has 0 saturated heterocycles. The zero-order chi connectivity index (χ0) is 16.9. The van der Waals surface area contributed by atoms with Gasteiger partial charge in [0.05, 0.1) is 12.8 Å². The van der Waals surface area contributed by atoms with Crippen LogP contribution < -0.4 is 15.4 Å². The van der Waals surface area contributed by atoms with Gasteiger partial charge in [0, 0.05) is 25.2 Å². The van der Waals surface area contributed by atoms with Gasteiger partial charge in [0.25, 0.3) is 0 Å². The molecule has 0 aliphatic heterocycles. The van der Waals surface area contributed by atoms with Gasteiger partial charge in [-0.25, -0.2) is 9.78 Å². The molecule has 6 nitrogen and oxygen atoms in total. The van der Waals surface area contributed by atoms with Gasteiger partial charge in [-0.05, 0) is 45.6 Å². The van der Waals surface area contributed by atoms with Crippen LogP contribution in [0.5, 0.6) is 5.88 Å². The highest BCUT2D eigenvalue weighted by molar-refractivity contribution is 5.67. The van der Waals surface area contributed by atoms with Gasteiger partial charge in [-0.1, -0.05) is 6.07 Å². The summed E-state index contributed by atoms with van der Waals surface area (Å²) in [4.78, 5) is 16.2. The highest BCUT2D eigenvalue weighted by atomic mass is 16.6. The first kappa shape index (κ1) is 17.5. The Morgan fingerprint density at radius 3 is 2.74 bits per heavy atom. The van der Waals surface area contributed by atoms with Crippen molar-refractivity contribution in [2.24, 2.45) is 5.92 Å². The summed E-state index contributed by atoms with van der Waals surface area (Å²) < 4.78 is 10.4. The molecule has 1 aromatic rings. The van der Waals surface area contributed by atoms with Crippen molar-refractivity contribution in [1.29, 1.82) is 0 Å². The lowest BCUT2D eigenvalue weighted by Gasteiger charge is -2.22. The van der Waals surface area contributed by atoms with Crippen molar-refractivity contribution < 1.29 is 14.3 Å². The minimum atomic E-state index is -0.475. The van der Waals surface area contributed by atoms with E-state index in [0.717, 1.165) is 5.69 Å². The lowest BCUT2D eigenvalue weighted by Crippen LogP contribution is -2.43. The van der Waals surface area contributed by atoms with Crippen molar-refractivity contribution in [2.45, 2.75) is 51.8 Å². The van der Waals surface area contributed by atoms with Crippen molar-refractivity contribution >= 4 is 6.09 Å². The van der Waals surface area contributed by atoms with E-state index >= 15 is 0 Å². The Bertz CT molecular complexity index is 524. The molecule has 1 heterocycles. The topological polar surface area (TPSA) is 72.5 Å². The summed E-state index contributed by atoms with van der Waals surface area (Å²) in [5.74, 6) is 1.22. The monoisotopic (exact) mass is 321 g/mol. The maximum atomic E-state index is 11.8. The van der Waals surface area contributed by atoms with Crippen LogP contribution >= 0.6 is 0 Å². The average molecular weight is 321 g/mol. The number of carbonyl (C=O) groups is 1. The van der Waals surface area contributed by atoms with Gasteiger partial charge in [-0.2, -0.15) is 0 Å². The van der Waals surface area contributed by atoms with Crippen molar-refractivity contribution in [3.05, 3.63) is 23.9 Å². The van der Waals surface area contributed by atoms with E-state index in [1.165, 1.54) is 12.8 Å². The van der Waals surface area contributed by atoms with Gasteiger partial charge < -0.3 is 20.1 Å². The SMILES string of the molecule is COc1cccc(CNC(CNC(=O)OC(C)(C)C)C2CC2)n1. The van der Waals surface area contributed by atoms with Crippen molar-refractivity contribution in [2.75, 3.05) is 13.7 Å². The molecule has 0 radical (unpaired) electrons. The number of ether oxygens (including phenoxy) is 2. The van der Waals surface area contributed by atoms with Gasteiger partial charge in [0.15, 0.2) is 0 Å². The number of hydrogen-bond donors (Lipinski definition) is 2. The molecular weight excluding hydrogens is 294 g/mol. The summed E-state index contributed by atoms with van der Waals surface area (Å²) >= 11 is 0. The lowest BCUT2D eigenvalue weighted by atomic mass is 10.1. The smallest absolute Gasteiger partial charge is 0.407 e. The molecular formula is C17H27N3O3.